The molecule has 0 saturated carbocycles. The van der Waals surface area contributed by atoms with Gasteiger partial charge in [-0.15, -0.1) is 0 Å². The van der Waals surface area contributed by atoms with Crippen LogP contribution in [0.2, 0.25) is 0 Å². The first-order valence-electron chi connectivity index (χ1n) is 5.31. The van der Waals surface area contributed by atoms with Gasteiger partial charge in [-0.2, -0.15) is 0 Å². The van der Waals surface area contributed by atoms with Gasteiger partial charge in [-0.1, -0.05) is 0 Å². The zero-order valence-electron chi connectivity index (χ0n) is 8.64. The standard InChI is InChI=1S/C10H16N2O2/c1-6(13)11(2)9-8-5-12-4-3-7(14-8)10(9)12/h7-10H,3-5H2,1-2H3/t7-,8+,9-,10+/m0/s1. The summed E-state index contributed by atoms with van der Waals surface area (Å²) in [5.41, 5.74) is 0. The Morgan fingerprint density at radius 2 is 2.29 bits per heavy atom. The van der Waals surface area contributed by atoms with E-state index in [0.29, 0.717) is 18.2 Å². The Kier molecular flexibility index (Phi) is 1.67. The highest BCUT2D eigenvalue weighted by molar-refractivity contribution is 5.73. The molecule has 0 unspecified atom stereocenters. The van der Waals surface area contributed by atoms with E-state index in [4.69, 9.17) is 4.74 Å². The minimum Gasteiger partial charge on any atom is -0.370 e. The molecular formula is C10H16N2O2. The number of nitrogens with zero attached hydrogens (tertiary/aromatic N) is 2. The molecule has 14 heavy (non-hydrogen) atoms. The fraction of sp³-hybridized carbons (Fsp3) is 0.900. The third-order valence-electron chi connectivity index (χ3n) is 3.94. The molecular weight excluding hydrogens is 180 g/mol. The maximum Gasteiger partial charge on any atom is 0.219 e. The maximum absolute atomic E-state index is 11.3. The van der Waals surface area contributed by atoms with E-state index in [2.05, 4.69) is 4.90 Å². The molecule has 3 saturated heterocycles. The van der Waals surface area contributed by atoms with E-state index in [1.165, 1.54) is 0 Å². The first kappa shape index (κ1) is 8.68. The predicted molar refractivity (Wildman–Crippen MR) is 50.9 cm³/mol. The Morgan fingerprint density at radius 1 is 1.50 bits per heavy atom. The summed E-state index contributed by atoms with van der Waals surface area (Å²) >= 11 is 0. The van der Waals surface area contributed by atoms with Crippen molar-refractivity contribution < 1.29 is 9.53 Å². The maximum atomic E-state index is 11.3. The van der Waals surface area contributed by atoms with E-state index < -0.39 is 0 Å². The Morgan fingerprint density at radius 3 is 2.93 bits per heavy atom. The van der Waals surface area contributed by atoms with Crippen LogP contribution in [-0.4, -0.2) is 60.1 Å². The summed E-state index contributed by atoms with van der Waals surface area (Å²) in [6, 6.07) is 0.786. The molecule has 0 aromatic rings. The first-order chi connectivity index (χ1) is 6.68. The second kappa shape index (κ2) is 2.70. The van der Waals surface area contributed by atoms with Crippen LogP contribution < -0.4 is 0 Å². The Balaban J connectivity index is 1.87. The van der Waals surface area contributed by atoms with Gasteiger partial charge in [0.2, 0.25) is 5.91 Å². The minimum atomic E-state index is 0.151. The normalized spacial score (nSPS) is 44.7. The van der Waals surface area contributed by atoms with Crippen LogP contribution in [0.15, 0.2) is 0 Å². The number of ether oxygens (including phenoxy) is 1. The third kappa shape index (κ3) is 0.929. The molecule has 2 bridgehead atoms. The number of hydrogen-bond acceptors (Lipinski definition) is 3. The molecule has 4 nitrogen and oxygen atoms in total. The molecule has 3 rings (SSSR count). The number of morpholine rings is 1. The van der Waals surface area contributed by atoms with Crippen molar-refractivity contribution in [3.63, 3.8) is 0 Å². The van der Waals surface area contributed by atoms with Crippen LogP contribution in [0.3, 0.4) is 0 Å². The van der Waals surface area contributed by atoms with Gasteiger partial charge in [0.05, 0.1) is 24.3 Å². The SMILES string of the molecule is CC(=O)N(C)[C@@H]1[C@H]2[C@@H]3CCN2C[C@H]1O3. The Hall–Kier alpha value is -0.610. The number of fused-ring (bicyclic) bond motifs is 1. The molecule has 3 aliphatic rings. The van der Waals surface area contributed by atoms with Gasteiger partial charge in [-0.3, -0.25) is 9.69 Å². The van der Waals surface area contributed by atoms with Gasteiger partial charge in [0, 0.05) is 27.1 Å². The largest absolute Gasteiger partial charge is 0.370 e. The molecule has 4 heteroatoms. The molecule has 78 valence electrons. The Bertz CT molecular complexity index is 267. The highest BCUT2D eigenvalue weighted by atomic mass is 16.5. The average Bonchev–Trinajstić information content (AvgIpc) is 2.70. The van der Waals surface area contributed by atoms with Crippen molar-refractivity contribution in [3.8, 4) is 0 Å². The molecule has 3 fully saturated rings. The summed E-state index contributed by atoms with van der Waals surface area (Å²) in [4.78, 5) is 15.7. The number of likely N-dealkylation sites (N-methyl/N-ethyl adjacent to an activating group) is 1. The molecule has 0 N–H and O–H groups in total. The number of hydrogen-bond donors (Lipinski definition) is 0. The highest BCUT2D eigenvalue weighted by Crippen LogP contribution is 2.41. The van der Waals surface area contributed by atoms with Gasteiger partial charge in [-0.05, 0) is 6.42 Å². The first-order valence-corrected chi connectivity index (χ1v) is 5.31. The van der Waals surface area contributed by atoms with Crippen molar-refractivity contribution in [2.24, 2.45) is 0 Å². The quantitative estimate of drug-likeness (QED) is 0.576. The van der Waals surface area contributed by atoms with Crippen LogP contribution >= 0.6 is 0 Å². The fourth-order valence-electron chi connectivity index (χ4n) is 3.24. The van der Waals surface area contributed by atoms with E-state index in [1.807, 2.05) is 11.9 Å². The van der Waals surface area contributed by atoms with E-state index >= 15 is 0 Å². The summed E-state index contributed by atoms with van der Waals surface area (Å²) in [5.74, 6) is 0.151. The molecule has 0 aliphatic carbocycles. The molecule has 1 amide bonds. The van der Waals surface area contributed by atoms with Crippen molar-refractivity contribution in [1.29, 1.82) is 0 Å². The number of carbonyl (C=O) groups is 1. The molecule has 0 spiro atoms. The summed E-state index contributed by atoms with van der Waals surface area (Å²) in [6.45, 7) is 3.80. The van der Waals surface area contributed by atoms with E-state index in [-0.39, 0.29) is 12.0 Å². The van der Waals surface area contributed by atoms with Crippen LogP contribution in [0.25, 0.3) is 0 Å². The van der Waals surface area contributed by atoms with E-state index in [1.54, 1.807) is 6.92 Å². The summed E-state index contributed by atoms with van der Waals surface area (Å²) in [6.07, 6.45) is 1.80. The zero-order chi connectivity index (χ0) is 9.87. The second-order valence-electron chi connectivity index (χ2n) is 4.61. The van der Waals surface area contributed by atoms with Crippen molar-refractivity contribution in [3.05, 3.63) is 0 Å². The summed E-state index contributed by atoms with van der Waals surface area (Å²) < 4.78 is 5.90. The zero-order valence-corrected chi connectivity index (χ0v) is 8.64. The van der Waals surface area contributed by atoms with Crippen LogP contribution in [0, 0.1) is 0 Å². The van der Waals surface area contributed by atoms with Crippen molar-refractivity contribution in [2.75, 3.05) is 20.1 Å². The number of rotatable bonds is 1. The number of carbonyl (C=O) groups excluding carboxylic acids is 1. The Labute approximate surface area is 83.8 Å². The lowest BCUT2D eigenvalue weighted by atomic mass is 10.1. The lowest BCUT2D eigenvalue weighted by molar-refractivity contribution is -0.130. The topological polar surface area (TPSA) is 32.8 Å². The monoisotopic (exact) mass is 196 g/mol. The molecule has 0 radical (unpaired) electrons. The van der Waals surface area contributed by atoms with Crippen molar-refractivity contribution in [1.82, 2.24) is 9.80 Å². The van der Waals surface area contributed by atoms with Crippen LogP contribution in [0.4, 0.5) is 0 Å². The van der Waals surface area contributed by atoms with Gasteiger partial charge >= 0.3 is 0 Å². The fourth-order valence-corrected chi connectivity index (χ4v) is 3.24. The average molecular weight is 196 g/mol. The van der Waals surface area contributed by atoms with E-state index in [0.717, 1.165) is 19.5 Å². The van der Waals surface area contributed by atoms with Gasteiger partial charge in [0.1, 0.15) is 0 Å². The van der Waals surface area contributed by atoms with Gasteiger partial charge in [0.25, 0.3) is 0 Å². The van der Waals surface area contributed by atoms with Crippen LogP contribution in [-0.2, 0) is 9.53 Å². The van der Waals surface area contributed by atoms with Crippen molar-refractivity contribution >= 4 is 5.91 Å². The summed E-state index contributed by atoms with van der Waals surface area (Å²) in [5, 5.41) is 0. The molecule has 4 atom stereocenters. The lowest BCUT2D eigenvalue weighted by Gasteiger charge is -2.26. The van der Waals surface area contributed by atoms with Gasteiger partial charge in [0.15, 0.2) is 0 Å². The molecule has 0 aromatic heterocycles. The predicted octanol–water partition coefficient (Wildman–Crippen LogP) is -0.311. The van der Waals surface area contributed by atoms with Gasteiger partial charge < -0.3 is 9.64 Å². The third-order valence-corrected chi connectivity index (χ3v) is 3.94. The summed E-state index contributed by atoms with van der Waals surface area (Å²) in [7, 11) is 1.90. The smallest absolute Gasteiger partial charge is 0.219 e. The lowest BCUT2D eigenvalue weighted by Crippen LogP contribution is -2.45. The van der Waals surface area contributed by atoms with E-state index in [9.17, 15) is 4.79 Å². The van der Waals surface area contributed by atoms with Crippen LogP contribution in [0.1, 0.15) is 13.3 Å². The highest BCUT2D eigenvalue weighted by Gasteiger charge is 2.58. The van der Waals surface area contributed by atoms with Crippen LogP contribution in [0.5, 0.6) is 0 Å². The minimum absolute atomic E-state index is 0.151. The van der Waals surface area contributed by atoms with Gasteiger partial charge in [-0.25, -0.2) is 0 Å². The molecule has 3 heterocycles. The van der Waals surface area contributed by atoms with Crippen molar-refractivity contribution in [2.45, 2.75) is 37.6 Å². The molecule has 0 aromatic carbocycles. The molecule has 3 aliphatic heterocycles. The second-order valence-corrected chi connectivity index (χ2v) is 4.61. The number of amides is 1.